The van der Waals surface area contributed by atoms with E-state index in [1.54, 1.807) is 23.4 Å². The molecule has 1 amide bonds. The molecule has 1 fully saturated rings. The van der Waals surface area contributed by atoms with Gasteiger partial charge in [-0.15, -0.1) is 0 Å². The molecule has 0 aliphatic carbocycles. The van der Waals surface area contributed by atoms with Crippen LogP contribution >= 0.6 is 0 Å². The topological polar surface area (TPSA) is 75.9 Å². The lowest BCUT2D eigenvalue weighted by molar-refractivity contribution is 0.0314. The molecule has 7 nitrogen and oxygen atoms in total. The van der Waals surface area contributed by atoms with Crippen LogP contribution in [0.3, 0.4) is 0 Å². The van der Waals surface area contributed by atoms with Crippen molar-refractivity contribution in [2.75, 3.05) is 39.4 Å². The van der Waals surface area contributed by atoms with Crippen LogP contribution in [0.25, 0.3) is 11.0 Å². The van der Waals surface area contributed by atoms with Gasteiger partial charge in [0.25, 0.3) is 5.91 Å². The van der Waals surface area contributed by atoms with E-state index in [4.69, 9.17) is 9.15 Å². The molecule has 2 aliphatic rings. The number of fused-ring (bicyclic) bond motifs is 2. The summed E-state index contributed by atoms with van der Waals surface area (Å²) in [6.45, 7) is 6.36. The highest BCUT2D eigenvalue weighted by molar-refractivity contribution is 5.99. The van der Waals surface area contributed by atoms with Gasteiger partial charge in [-0.25, -0.2) is 0 Å². The summed E-state index contributed by atoms with van der Waals surface area (Å²) in [5.41, 5.74) is 2.68. The summed E-state index contributed by atoms with van der Waals surface area (Å²) < 4.78 is 11.5. The Morgan fingerprint density at radius 1 is 1.06 bits per heavy atom. The van der Waals surface area contributed by atoms with Crippen LogP contribution in [0.5, 0.6) is 0 Å². The molecular formula is C24H25N3O4. The Kier molecular flexibility index (Phi) is 5.29. The maximum Gasteiger partial charge on any atom is 0.290 e. The molecule has 2 aliphatic heterocycles. The molecule has 1 atom stereocenters. The summed E-state index contributed by atoms with van der Waals surface area (Å²) in [7, 11) is 0. The van der Waals surface area contributed by atoms with Crippen molar-refractivity contribution in [2.45, 2.75) is 19.4 Å². The number of carbonyl (C=O) groups excluding carboxylic acids is 1. The van der Waals surface area contributed by atoms with Crippen molar-refractivity contribution < 1.29 is 13.9 Å². The summed E-state index contributed by atoms with van der Waals surface area (Å²) in [5, 5.41) is 0.528. The van der Waals surface area contributed by atoms with Crippen LogP contribution in [0, 0.1) is 0 Å². The molecule has 2 aromatic heterocycles. The van der Waals surface area contributed by atoms with Crippen LogP contribution in [0.4, 0.5) is 0 Å². The van der Waals surface area contributed by atoms with Crippen molar-refractivity contribution in [2.24, 2.45) is 0 Å². The lowest BCUT2D eigenvalue weighted by atomic mass is 9.98. The molecule has 0 saturated carbocycles. The Morgan fingerprint density at radius 3 is 2.58 bits per heavy atom. The first-order chi connectivity index (χ1) is 15.2. The summed E-state index contributed by atoms with van der Waals surface area (Å²) in [6.07, 6.45) is 4.20. The minimum absolute atomic E-state index is 0.129. The molecule has 1 unspecified atom stereocenters. The summed E-state index contributed by atoms with van der Waals surface area (Å²) in [6, 6.07) is 8.86. The molecule has 1 aromatic carbocycles. The Hall–Kier alpha value is -3.03. The second kappa shape index (κ2) is 8.24. The van der Waals surface area contributed by atoms with Gasteiger partial charge in [-0.3, -0.25) is 19.5 Å². The maximum atomic E-state index is 13.6. The molecule has 0 N–H and O–H groups in total. The molecule has 3 aromatic rings. The Balaban J connectivity index is 1.60. The van der Waals surface area contributed by atoms with E-state index in [0.717, 1.165) is 37.2 Å². The fourth-order valence-electron chi connectivity index (χ4n) is 4.48. The van der Waals surface area contributed by atoms with E-state index >= 15 is 0 Å². The number of amides is 1. The number of benzene rings is 1. The van der Waals surface area contributed by atoms with Gasteiger partial charge in [-0.05, 0) is 41.8 Å². The van der Waals surface area contributed by atoms with Crippen molar-refractivity contribution in [3.63, 3.8) is 0 Å². The first-order valence-corrected chi connectivity index (χ1v) is 10.8. The SMILES string of the molecule is CCc1ccc2oc3c(c(=O)c2c1)C(c1ccncc1)N(CCN1CCOCC1)C3=O. The Labute approximate surface area is 180 Å². The zero-order valence-electron chi connectivity index (χ0n) is 17.5. The van der Waals surface area contributed by atoms with Crippen molar-refractivity contribution in [1.29, 1.82) is 0 Å². The van der Waals surface area contributed by atoms with Gasteiger partial charge in [0, 0.05) is 38.6 Å². The summed E-state index contributed by atoms with van der Waals surface area (Å²) in [4.78, 5) is 35.1. The van der Waals surface area contributed by atoms with Crippen LogP contribution in [0.1, 0.15) is 40.2 Å². The number of hydrogen-bond donors (Lipinski definition) is 0. The number of carbonyl (C=O) groups is 1. The van der Waals surface area contributed by atoms with Gasteiger partial charge in [0.05, 0.1) is 30.2 Å². The van der Waals surface area contributed by atoms with Gasteiger partial charge in [-0.1, -0.05) is 13.0 Å². The first kappa shape index (κ1) is 19.9. The highest BCUT2D eigenvalue weighted by Crippen LogP contribution is 2.37. The number of pyridine rings is 1. The predicted molar refractivity (Wildman–Crippen MR) is 116 cm³/mol. The number of nitrogens with zero attached hydrogens (tertiary/aromatic N) is 3. The number of rotatable bonds is 5. The number of ether oxygens (including phenoxy) is 1. The quantitative estimate of drug-likeness (QED) is 0.633. The third-order valence-corrected chi connectivity index (χ3v) is 6.22. The number of aryl methyl sites for hydroxylation is 1. The lowest BCUT2D eigenvalue weighted by Gasteiger charge is -2.31. The predicted octanol–water partition coefficient (Wildman–Crippen LogP) is 2.63. The van der Waals surface area contributed by atoms with Gasteiger partial charge >= 0.3 is 0 Å². The lowest BCUT2D eigenvalue weighted by Crippen LogP contribution is -2.42. The van der Waals surface area contributed by atoms with Crippen LogP contribution in [0.2, 0.25) is 0 Å². The molecule has 0 spiro atoms. The zero-order chi connectivity index (χ0) is 21.4. The first-order valence-electron chi connectivity index (χ1n) is 10.8. The fourth-order valence-corrected chi connectivity index (χ4v) is 4.48. The molecule has 7 heteroatoms. The smallest absolute Gasteiger partial charge is 0.290 e. The molecule has 5 rings (SSSR count). The normalized spacial score (nSPS) is 19.2. The van der Waals surface area contributed by atoms with Crippen LogP contribution < -0.4 is 5.43 Å². The summed E-state index contributed by atoms with van der Waals surface area (Å²) in [5.74, 6) is -0.0748. The molecule has 0 bridgehead atoms. The van der Waals surface area contributed by atoms with Gasteiger partial charge in [0.15, 0.2) is 5.43 Å². The monoisotopic (exact) mass is 419 g/mol. The average Bonchev–Trinajstić information content (AvgIpc) is 3.10. The van der Waals surface area contributed by atoms with E-state index in [9.17, 15) is 9.59 Å². The van der Waals surface area contributed by atoms with Gasteiger partial charge in [-0.2, -0.15) is 0 Å². The standard InChI is InChI=1S/C24H25N3O4/c1-2-16-3-4-19-18(15-16)22(28)20-21(17-5-7-25-8-6-17)27(24(29)23(20)31-19)10-9-26-11-13-30-14-12-26/h3-8,15,21H,2,9-14H2,1H3. The van der Waals surface area contributed by atoms with Gasteiger partial charge < -0.3 is 14.1 Å². The molecule has 31 heavy (non-hydrogen) atoms. The van der Waals surface area contributed by atoms with Crippen LogP contribution in [-0.2, 0) is 11.2 Å². The van der Waals surface area contributed by atoms with Crippen molar-refractivity contribution >= 4 is 16.9 Å². The zero-order valence-corrected chi connectivity index (χ0v) is 17.5. The molecule has 1 saturated heterocycles. The van der Waals surface area contributed by atoms with E-state index in [0.29, 0.717) is 36.3 Å². The molecule has 160 valence electrons. The van der Waals surface area contributed by atoms with Crippen LogP contribution in [-0.4, -0.2) is 60.1 Å². The summed E-state index contributed by atoms with van der Waals surface area (Å²) >= 11 is 0. The van der Waals surface area contributed by atoms with E-state index in [-0.39, 0.29) is 17.1 Å². The molecule has 4 heterocycles. The number of aromatic nitrogens is 1. The Morgan fingerprint density at radius 2 is 1.84 bits per heavy atom. The van der Waals surface area contributed by atoms with E-state index in [2.05, 4.69) is 9.88 Å². The highest BCUT2D eigenvalue weighted by Gasteiger charge is 2.42. The second-order valence-electron chi connectivity index (χ2n) is 7.99. The van der Waals surface area contributed by atoms with Crippen molar-refractivity contribution in [3.8, 4) is 0 Å². The average molecular weight is 419 g/mol. The van der Waals surface area contributed by atoms with Gasteiger partial charge in [0.2, 0.25) is 5.76 Å². The third-order valence-electron chi connectivity index (χ3n) is 6.22. The van der Waals surface area contributed by atoms with Crippen LogP contribution in [0.15, 0.2) is 51.9 Å². The second-order valence-corrected chi connectivity index (χ2v) is 7.99. The maximum absolute atomic E-state index is 13.6. The van der Waals surface area contributed by atoms with Crippen molar-refractivity contribution in [1.82, 2.24) is 14.8 Å². The van der Waals surface area contributed by atoms with E-state index < -0.39 is 6.04 Å². The minimum atomic E-state index is -0.475. The van der Waals surface area contributed by atoms with Gasteiger partial charge in [0.1, 0.15) is 5.58 Å². The largest absolute Gasteiger partial charge is 0.450 e. The fraction of sp³-hybridized carbons (Fsp3) is 0.375. The molecular weight excluding hydrogens is 394 g/mol. The third kappa shape index (κ3) is 3.54. The van der Waals surface area contributed by atoms with E-state index in [1.807, 2.05) is 31.2 Å². The Bertz CT molecular complexity index is 1170. The number of morpholine rings is 1. The van der Waals surface area contributed by atoms with Crippen molar-refractivity contribution in [3.05, 3.63) is 75.4 Å². The highest BCUT2D eigenvalue weighted by atomic mass is 16.5. The minimum Gasteiger partial charge on any atom is -0.450 e. The number of hydrogen-bond acceptors (Lipinski definition) is 6. The molecule has 0 radical (unpaired) electrons. The van der Waals surface area contributed by atoms with E-state index in [1.165, 1.54) is 0 Å².